The van der Waals surface area contributed by atoms with E-state index < -0.39 is 0 Å². The lowest BCUT2D eigenvalue weighted by Crippen LogP contribution is -2.39. The SMILES string of the molecule is COCCCNC(=O)CN(C)C(=O)c1n[nH]c2ccccc12. The third-order valence-corrected chi connectivity index (χ3v) is 3.25. The van der Waals surface area contributed by atoms with Crippen LogP contribution < -0.4 is 5.32 Å². The van der Waals surface area contributed by atoms with Crippen LogP contribution >= 0.6 is 0 Å². The molecular weight excluding hydrogens is 284 g/mol. The van der Waals surface area contributed by atoms with Gasteiger partial charge in [-0.05, 0) is 12.5 Å². The van der Waals surface area contributed by atoms with E-state index in [4.69, 9.17) is 4.74 Å². The number of nitrogens with one attached hydrogen (secondary N) is 2. The first-order valence-corrected chi connectivity index (χ1v) is 7.07. The summed E-state index contributed by atoms with van der Waals surface area (Å²) in [6.07, 6.45) is 0.740. The summed E-state index contributed by atoms with van der Waals surface area (Å²) in [5, 5.41) is 10.4. The van der Waals surface area contributed by atoms with Crippen molar-refractivity contribution in [3.63, 3.8) is 0 Å². The van der Waals surface area contributed by atoms with E-state index in [0.29, 0.717) is 18.8 Å². The minimum absolute atomic E-state index is 0.00694. The molecule has 1 aromatic carbocycles. The van der Waals surface area contributed by atoms with Crippen LogP contribution in [-0.4, -0.2) is 60.8 Å². The average molecular weight is 304 g/mol. The third-order valence-electron chi connectivity index (χ3n) is 3.25. The maximum atomic E-state index is 12.4. The van der Waals surface area contributed by atoms with Crippen LogP contribution in [0.1, 0.15) is 16.9 Å². The van der Waals surface area contributed by atoms with Gasteiger partial charge in [-0.1, -0.05) is 18.2 Å². The van der Waals surface area contributed by atoms with Gasteiger partial charge in [0.05, 0.1) is 12.1 Å². The molecule has 22 heavy (non-hydrogen) atoms. The highest BCUT2D eigenvalue weighted by Crippen LogP contribution is 2.16. The molecule has 2 N–H and O–H groups in total. The van der Waals surface area contributed by atoms with Crippen molar-refractivity contribution in [1.29, 1.82) is 0 Å². The molecule has 1 heterocycles. The Kier molecular flexibility index (Phi) is 5.48. The number of benzene rings is 1. The Morgan fingerprint density at radius 2 is 2.14 bits per heavy atom. The molecule has 1 aromatic heterocycles. The number of H-pyrrole nitrogens is 1. The summed E-state index contributed by atoms with van der Waals surface area (Å²) in [6, 6.07) is 7.38. The van der Waals surface area contributed by atoms with Crippen molar-refractivity contribution < 1.29 is 14.3 Å². The van der Waals surface area contributed by atoms with Gasteiger partial charge in [0, 0.05) is 32.7 Å². The monoisotopic (exact) mass is 304 g/mol. The van der Waals surface area contributed by atoms with Gasteiger partial charge in [0.15, 0.2) is 5.69 Å². The molecule has 0 saturated carbocycles. The molecule has 0 bridgehead atoms. The van der Waals surface area contributed by atoms with E-state index >= 15 is 0 Å². The number of fused-ring (bicyclic) bond motifs is 1. The molecule has 2 rings (SSSR count). The number of ether oxygens (including phenoxy) is 1. The molecule has 0 spiro atoms. The van der Waals surface area contributed by atoms with E-state index in [1.165, 1.54) is 4.90 Å². The van der Waals surface area contributed by atoms with Crippen molar-refractivity contribution in [3.05, 3.63) is 30.0 Å². The number of methoxy groups -OCH3 is 1. The van der Waals surface area contributed by atoms with E-state index in [-0.39, 0.29) is 18.4 Å². The van der Waals surface area contributed by atoms with Crippen molar-refractivity contribution in [2.45, 2.75) is 6.42 Å². The molecule has 7 heteroatoms. The van der Waals surface area contributed by atoms with E-state index in [1.54, 1.807) is 14.2 Å². The molecule has 0 atom stereocenters. The number of para-hydroxylation sites is 1. The number of rotatable bonds is 7. The number of likely N-dealkylation sites (N-methyl/N-ethyl adjacent to an activating group) is 1. The van der Waals surface area contributed by atoms with Gasteiger partial charge in [-0.15, -0.1) is 0 Å². The molecule has 118 valence electrons. The van der Waals surface area contributed by atoms with Crippen LogP contribution in [0.3, 0.4) is 0 Å². The van der Waals surface area contributed by atoms with Crippen LogP contribution in [0.25, 0.3) is 10.9 Å². The van der Waals surface area contributed by atoms with E-state index in [9.17, 15) is 9.59 Å². The number of aromatic nitrogens is 2. The largest absolute Gasteiger partial charge is 0.385 e. The van der Waals surface area contributed by atoms with Crippen molar-refractivity contribution >= 4 is 22.7 Å². The number of hydrogen-bond acceptors (Lipinski definition) is 4. The zero-order valence-electron chi connectivity index (χ0n) is 12.8. The Morgan fingerprint density at radius 3 is 2.91 bits per heavy atom. The number of carbonyl (C=O) groups is 2. The van der Waals surface area contributed by atoms with Crippen LogP contribution in [0.15, 0.2) is 24.3 Å². The summed E-state index contributed by atoms with van der Waals surface area (Å²) in [6.45, 7) is 1.11. The summed E-state index contributed by atoms with van der Waals surface area (Å²) in [5.74, 6) is -0.490. The van der Waals surface area contributed by atoms with Gasteiger partial charge in [0.2, 0.25) is 5.91 Å². The third kappa shape index (κ3) is 3.82. The maximum Gasteiger partial charge on any atom is 0.275 e. The first kappa shape index (κ1) is 16.0. The maximum absolute atomic E-state index is 12.4. The molecular formula is C15H20N4O3. The zero-order chi connectivity index (χ0) is 15.9. The fraction of sp³-hybridized carbons (Fsp3) is 0.400. The number of hydrogen-bond donors (Lipinski definition) is 2. The Balaban J connectivity index is 1.93. The topological polar surface area (TPSA) is 87.3 Å². The van der Waals surface area contributed by atoms with Crippen LogP contribution in [-0.2, 0) is 9.53 Å². The molecule has 0 aliphatic rings. The van der Waals surface area contributed by atoms with Crippen molar-refractivity contribution in [3.8, 4) is 0 Å². The predicted molar refractivity (Wildman–Crippen MR) is 82.6 cm³/mol. The van der Waals surface area contributed by atoms with Crippen molar-refractivity contribution in [2.75, 3.05) is 33.9 Å². The minimum atomic E-state index is -0.288. The highest BCUT2D eigenvalue weighted by Gasteiger charge is 2.19. The fourth-order valence-corrected chi connectivity index (χ4v) is 2.09. The molecule has 0 aliphatic heterocycles. The smallest absolute Gasteiger partial charge is 0.275 e. The Bertz CT molecular complexity index is 653. The molecule has 0 saturated heterocycles. The second-order valence-electron chi connectivity index (χ2n) is 4.98. The van der Waals surface area contributed by atoms with E-state index in [0.717, 1.165) is 17.3 Å². The molecule has 2 amide bonds. The second kappa shape index (κ2) is 7.56. The molecule has 0 radical (unpaired) electrons. The van der Waals surface area contributed by atoms with Crippen molar-refractivity contribution in [2.24, 2.45) is 0 Å². The minimum Gasteiger partial charge on any atom is -0.385 e. The number of nitrogens with zero attached hydrogens (tertiary/aromatic N) is 2. The average Bonchev–Trinajstić information content (AvgIpc) is 2.94. The fourth-order valence-electron chi connectivity index (χ4n) is 2.09. The molecule has 0 aliphatic carbocycles. The molecule has 0 unspecified atom stereocenters. The van der Waals surface area contributed by atoms with E-state index in [1.807, 2.05) is 24.3 Å². The summed E-state index contributed by atoms with van der Waals surface area (Å²) in [5.41, 5.74) is 1.12. The van der Waals surface area contributed by atoms with Gasteiger partial charge in [0.1, 0.15) is 0 Å². The summed E-state index contributed by atoms with van der Waals surface area (Å²) in [4.78, 5) is 25.5. The number of amides is 2. The summed E-state index contributed by atoms with van der Waals surface area (Å²) in [7, 11) is 3.20. The highest BCUT2D eigenvalue weighted by atomic mass is 16.5. The lowest BCUT2D eigenvalue weighted by molar-refractivity contribution is -0.121. The van der Waals surface area contributed by atoms with Gasteiger partial charge < -0.3 is 15.0 Å². The second-order valence-corrected chi connectivity index (χ2v) is 4.98. The van der Waals surface area contributed by atoms with Crippen molar-refractivity contribution in [1.82, 2.24) is 20.4 Å². The lowest BCUT2D eigenvalue weighted by Gasteiger charge is -2.15. The standard InChI is InChI=1S/C15H20N4O3/c1-19(10-13(20)16-8-5-9-22-2)15(21)14-11-6-3-4-7-12(11)17-18-14/h3-4,6-7H,5,8-10H2,1-2H3,(H,16,20)(H,17,18). The summed E-state index contributed by atoms with van der Waals surface area (Å²) >= 11 is 0. The highest BCUT2D eigenvalue weighted by molar-refractivity contribution is 6.05. The van der Waals surface area contributed by atoms with E-state index in [2.05, 4.69) is 15.5 Å². The van der Waals surface area contributed by atoms with Crippen LogP contribution in [0.4, 0.5) is 0 Å². The summed E-state index contributed by atoms with van der Waals surface area (Å²) < 4.78 is 4.91. The number of aromatic amines is 1. The quantitative estimate of drug-likeness (QED) is 0.740. The molecule has 0 fully saturated rings. The van der Waals surface area contributed by atoms with Gasteiger partial charge in [-0.25, -0.2) is 0 Å². The Morgan fingerprint density at radius 1 is 1.36 bits per heavy atom. The van der Waals surface area contributed by atoms with Gasteiger partial charge in [-0.2, -0.15) is 5.10 Å². The van der Waals surface area contributed by atoms with Gasteiger partial charge >= 0.3 is 0 Å². The number of carbonyl (C=O) groups excluding carboxylic acids is 2. The molecule has 2 aromatic rings. The van der Waals surface area contributed by atoms with Crippen LogP contribution in [0.5, 0.6) is 0 Å². The first-order chi connectivity index (χ1) is 10.6. The Hall–Kier alpha value is -2.41. The van der Waals surface area contributed by atoms with Gasteiger partial charge in [0.25, 0.3) is 5.91 Å². The lowest BCUT2D eigenvalue weighted by atomic mass is 10.2. The Labute approximate surface area is 128 Å². The first-order valence-electron chi connectivity index (χ1n) is 7.07. The molecule has 7 nitrogen and oxygen atoms in total. The normalized spacial score (nSPS) is 10.6. The predicted octanol–water partition coefficient (Wildman–Crippen LogP) is 0.788. The zero-order valence-corrected chi connectivity index (χ0v) is 12.8. The van der Waals surface area contributed by atoms with Gasteiger partial charge in [-0.3, -0.25) is 14.7 Å². The van der Waals surface area contributed by atoms with Crippen LogP contribution in [0.2, 0.25) is 0 Å². The van der Waals surface area contributed by atoms with Crippen LogP contribution in [0, 0.1) is 0 Å².